The lowest BCUT2D eigenvalue weighted by Crippen LogP contribution is -2.40. The fourth-order valence-electron chi connectivity index (χ4n) is 2.60. The summed E-state index contributed by atoms with van der Waals surface area (Å²) >= 11 is 0. The first kappa shape index (κ1) is 14.4. The van der Waals surface area contributed by atoms with Gasteiger partial charge in [-0.2, -0.15) is 0 Å². The number of carbonyl (C=O) groups excluding carboxylic acids is 1. The van der Waals surface area contributed by atoms with Gasteiger partial charge in [0, 0.05) is 19.0 Å². The van der Waals surface area contributed by atoms with E-state index in [1.165, 1.54) is 5.56 Å². The molecule has 0 fully saturated rings. The van der Waals surface area contributed by atoms with E-state index in [2.05, 4.69) is 16.7 Å². The van der Waals surface area contributed by atoms with Crippen molar-refractivity contribution in [3.63, 3.8) is 0 Å². The van der Waals surface area contributed by atoms with Crippen LogP contribution in [0.4, 0.5) is 4.79 Å². The minimum Gasteiger partial charge on any atom is -0.493 e. The largest absolute Gasteiger partial charge is 0.493 e. The molecule has 2 aromatic rings. The Labute approximate surface area is 130 Å². The molecular weight excluding hydrogens is 276 g/mol. The molecule has 1 atom stereocenters. The van der Waals surface area contributed by atoms with Gasteiger partial charge in [0.05, 0.1) is 6.61 Å². The van der Waals surface area contributed by atoms with E-state index in [4.69, 9.17) is 4.74 Å². The highest BCUT2D eigenvalue weighted by Crippen LogP contribution is 2.26. The summed E-state index contributed by atoms with van der Waals surface area (Å²) in [6.07, 6.45) is 0.940. The normalized spacial score (nSPS) is 16.3. The van der Waals surface area contributed by atoms with Crippen LogP contribution in [0.3, 0.4) is 0 Å². The van der Waals surface area contributed by atoms with Crippen LogP contribution < -0.4 is 15.4 Å². The lowest BCUT2D eigenvalue weighted by atomic mass is 9.97. The number of hydrogen-bond donors (Lipinski definition) is 2. The molecule has 1 heterocycles. The molecule has 4 nitrogen and oxygen atoms in total. The topological polar surface area (TPSA) is 50.4 Å². The molecule has 0 saturated carbocycles. The minimum absolute atomic E-state index is 0.136. The van der Waals surface area contributed by atoms with E-state index in [-0.39, 0.29) is 6.03 Å². The summed E-state index contributed by atoms with van der Waals surface area (Å²) in [7, 11) is 0. The number of hydrogen-bond acceptors (Lipinski definition) is 2. The number of rotatable bonds is 4. The molecule has 114 valence electrons. The van der Waals surface area contributed by atoms with Crippen LogP contribution in [-0.2, 0) is 13.0 Å². The van der Waals surface area contributed by atoms with Crippen molar-refractivity contribution in [3.8, 4) is 5.75 Å². The SMILES string of the molecule is O=C(NCc1ccccc1)NCC1COc2ccccc2C1. The smallest absolute Gasteiger partial charge is 0.315 e. The predicted molar refractivity (Wildman–Crippen MR) is 85.8 cm³/mol. The highest BCUT2D eigenvalue weighted by Gasteiger charge is 2.19. The summed E-state index contributed by atoms with van der Waals surface area (Å²) in [5, 5.41) is 5.79. The van der Waals surface area contributed by atoms with E-state index >= 15 is 0 Å². The quantitative estimate of drug-likeness (QED) is 0.911. The number of benzene rings is 2. The van der Waals surface area contributed by atoms with Crippen LogP contribution in [0.2, 0.25) is 0 Å². The second-order valence-electron chi connectivity index (χ2n) is 5.54. The molecule has 0 spiro atoms. The number of urea groups is 1. The zero-order valence-electron chi connectivity index (χ0n) is 12.4. The van der Waals surface area contributed by atoms with E-state index in [1.807, 2.05) is 48.5 Å². The van der Waals surface area contributed by atoms with Gasteiger partial charge in [-0.05, 0) is 23.6 Å². The van der Waals surface area contributed by atoms with Crippen LogP contribution in [0.1, 0.15) is 11.1 Å². The zero-order chi connectivity index (χ0) is 15.2. The summed E-state index contributed by atoms with van der Waals surface area (Å²) in [5.41, 5.74) is 2.30. The maximum absolute atomic E-state index is 11.8. The van der Waals surface area contributed by atoms with Gasteiger partial charge in [0.15, 0.2) is 0 Å². The monoisotopic (exact) mass is 296 g/mol. The second-order valence-corrected chi connectivity index (χ2v) is 5.54. The Hall–Kier alpha value is -2.49. The van der Waals surface area contributed by atoms with Gasteiger partial charge in [0.25, 0.3) is 0 Å². The van der Waals surface area contributed by atoms with Gasteiger partial charge in [-0.3, -0.25) is 0 Å². The molecule has 0 bridgehead atoms. The molecule has 0 aromatic heterocycles. The van der Waals surface area contributed by atoms with E-state index in [1.54, 1.807) is 0 Å². The van der Waals surface area contributed by atoms with Gasteiger partial charge in [0.2, 0.25) is 0 Å². The lowest BCUT2D eigenvalue weighted by molar-refractivity contribution is 0.211. The fraction of sp³-hybridized carbons (Fsp3) is 0.278. The van der Waals surface area contributed by atoms with Gasteiger partial charge in [-0.1, -0.05) is 48.5 Å². The molecule has 3 rings (SSSR count). The van der Waals surface area contributed by atoms with Crippen LogP contribution in [-0.4, -0.2) is 19.2 Å². The van der Waals surface area contributed by atoms with E-state index < -0.39 is 0 Å². The highest BCUT2D eigenvalue weighted by molar-refractivity contribution is 5.73. The molecular formula is C18H20N2O2. The van der Waals surface area contributed by atoms with Crippen molar-refractivity contribution >= 4 is 6.03 Å². The van der Waals surface area contributed by atoms with E-state index in [9.17, 15) is 4.79 Å². The third kappa shape index (κ3) is 3.79. The molecule has 1 unspecified atom stereocenters. The van der Waals surface area contributed by atoms with Crippen molar-refractivity contribution in [1.82, 2.24) is 10.6 Å². The van der Waals surface area contributed by atoms with Crippen LogP contribution in [0, 0.1) is 5.92 Å². The van der Waals surface area contributed by atoms with Gasteiger partial charge >= 0.3 is 6.03 Å². The zero-order valence-corrected chi connectivity index (χ0v) is 12.4. The molecule has 0 aliphatic carbocycles. The number of nitrogens with one attached hydrogen (secondary N) is 2. The van der Waals surface area contributed by atoms with Crippen molar-refractivity contribution < 1.29 is 9.53 Å². The van der Waals surface area contributed by atoms with Crippen molar-refractivity contribution in [3.05, 3.63) is 65.7 Å². The number of carbonyl (C=O) groups is 1. The molecule has 2 amide bonds. The minimum atomic E-state index is -0.136. The Morgan fingerprint density at radius 2 is 1.82 bits per heavy atom. The van der Waals surface area contributed by atoms with Crippen LogP contribution in [0.5, 0.6) is 5.75 Å². The maximum Gasteiger partial charge on any atom is 0.315 e. The molecule has 0 radical (unpaired) electrons. The van der Waals surface area contributed by atoms with Crippen LogP contribution >= 0.6 is 0 Å². The number of ether oxygens (including phenoxy) is 1. The molecule has 22 heavy (non-hydrogen) atoms. The van der Waals surface area contributed by atoms with Crippen LogP contribution in [0.25, 0.3) is 0 Å². The first-order valence-electron chi connectivity index (χ1n) is 7.57. The summed E-state index contributed by atoms with van der Waals surface area (Å²) < 4.78 is 5.73. The van der Waals surface area contributed by atoms with E-state index in [0.29, 0.717) is 25.6 Å². The lowest BCUT2D eigenvalue weighted by Gasteiger charge is -2.25. The average Bonchev–Trinajstić information content (AvgIpc) is 2.59. The van der Waals surface area contributed by atoms with Crippen LogP contribution in [0.15, 0.2) is 54.6 Å². The highest BCUT2D eigenvalue weighted by atomic mass is 16.5. The van der Waals surface area contributed by atoms with Gasteiger partial charge in [0.1, 0.15) is 5.75 Å². The fourth-order valence-corrected chi connectivity index (χ4v) is 2.60. The standard InChI is InChI=1S/C18H20N2O2/c21-18(19-11-14-6-2-1-3-7-14)20-12-15-10-16-8-4-5-9-17(16)22-13-15/h1-9,15H,10-13H2,(H2,19,20,21). The van der Waals surface area contributed by atoms with Gasteiger partial charge in [-0.15, -0.1) is 0 Å². The Balaban J connectivity index is 1.42. The molecule has 1 aliphatic heterocycles. The van der Waals surface area contributed by atoms with Crippen molar-refractivity contribution in [2.45, 2.75) is 13.0 Å². The summed E-state index contributed by atoms with van der Waals surface area (Å²) in [6.45, 7) is 1.81. The van der Waals surface area contributed by atoms with Gasteiger partial charge in [-0.25, -0.2) is 4.79 Å². The summed E-state index contributed by atoms with van der Waals surface area (Å²) in [6, 6.07) is 17.8. The van der Waals surface area contributed by atoms with Gasteiger partial charge < -0.3 is 15.4 Å². The number of amides is 2. The van der Waals surface area contributed by atoms with E-state index in [0.717, 1.165) is 17.7 Å². The number of fused-ring (bicyclic) bond motifs is 1. The molecule has 0 saturated heterocycles. The third-order valence-electron chi connectivity index (χ3n) is 3.80. The second kappa shape index (κ2) is 6.98. The Morgan fingerprint density at radius 1 is 1.05 bits per heavy atom. The van der Waals surface area contributed by atoms with Crippen molar-refractivity contribution in [2.75, 3.05) is 13.2 Å². The maximum atomic E-state index is 11.8. The Kier molecular flexibility index (Phi) is 4.59. The predicted octanol–water partition coefficient (Wildman–Crippen LogP) is 2.74. The Morgan fingerprint density at radius 3 is 2.68 bits per heavy atom. The summed E-state index contributed by atoms with van der Waals surface area (Å²) in [5.74, 6) is 1.28. The molecule has 2 N–H and O–H groups in total. The molecule has 1 aliphatic rings. The first-order valence-corrected chi connectivity index (χ1v) is 7.57. The van der Waals surface area contributed by atoms with Crippen molar-refractivity contribution in [2.24, 2.45) is 5.92 Å². The Bertz CT molecular complexity index is 628. The average molecular weight is 296 g/mol. The third-order valence-corrected chi connectivity index (χ3v) is 3.80. The number of para-hydroxylation sites is 1. The molecule has 2 aromatic carbocycles. The first-order chi connectivity index (χ1) is 10.8. The van der Waals surface area contributed by atoms with Crippen molar-refractivity contribution in [1.29, 1.82) is 0 Å². The molecule has 4 heteroatoms. The summed E-state index contributed by atoms with van der Waals surface area (Å²) in [4.78, 5) is 11.8.